The largest absolute Gasteiger partial charge is 0.338 e. The molecule has 1 fully saturated rings. The van der Waals surface area contributed by atoms with Gasteiger partial charge in [-0.3, -0.25) is 14.4 Å². The normalized spacial score (nSPS) is 17.9. The van der Waals surface area contributed by atoms with Crippen LogP contribution in [0.1, 0.15) is 55.9 Å². The quantitative estimate of drug-likeness (QED) is 0.659. The third-order valence-electron chi connectivity index (χ3n) is 6.80. The van der Waals surface area contributed by atoms with Gasteiger partial charge in [-0.2, -0.15) is 0 Å². The van der Waals surface area contributed by atoms with Crippen molar-refractivity contribution in [1.82, 2.24) is 9.88 Å². The molecule has 2 aromatic carbocycles. The predicted molar refractivity (Wildman–Crippen MR) is 121 cm³/mol. The van der Waals surface area contributed by atoms with Crippen LogP contribution in [0.25, 0.3) is 10.8 Å². The predicted octanol–water partition coefficient (Wildman–Crippen LogP) is 3.98. The summed E-state index contributed by atoms with van der Waals surface area (Å²) in [4.78, 5) is 43.5. The lowest BCUT2D eigenvalue weighted by Gasteiger charge is -2.32. The molecule has 1 aliphatic carbocycles. The van der Waals surface area contributed by atoms with Crippen molar-refractivity contribution in [2.45, 2.75) is 39.5 Å². The Balaban J connectivity index is 1.44. The zero-order valence-electron chi connectivity index (χ0n) is 18.0. The summed E-state index contributed by atoms with van der Waals surface area (Å²) in [6, 6.07) is 12.1. The van der Waals surface area contributed by atoms with Gasteiger partial charge in [0.2, 0.25) is 0 Å². The van der Waals surface area contributed by atoms with E-state index in [0.717, 1.165) is 42.3 Å². The van der Waals surface area contributed by atoms with Crippen LogP contribution in [0.4, 0.5) is 0 Å². The van der Waals surface area contributed by atoms with Gasteiger partial charge in [0.1, 0.15) is 5.56 Å². The number of likely N-dealkylation sites (tertiary alicyclic amines) is 1. The summed E-state index contributed by atoms with van der Waals surface area (Å²) in [5.74, 6) is -0.430. The molecule has 5 nitrogen and oxygen atoms in total. The third kappa shape index (κ3) is 3.29. The number of aromatic amines is 1. The number of nitrogens with zero attached hydrogens (tertiary/aromatic N) is 1. The van der Waals surface area contributed by atoms with E-state index in [1.807, 2.05) is 24.3 Å². The fourth-order valence-electron chi connectivity index (χ4n) is 5.33. The van der Waals surface area contributed by atoms with E-state index in [4.69, 9.17) is 0 Å². The van der Waals surface area contributed by atoms with Crippen molar-refractivity contribution in [2.24, 2.45) is 5.92 Å². The number of piperidine rings is 1. The van der Waals surface area contributed by atoms with Crippen LogP contribution in [0.15, 0.2) is 41.2 Å². The smallest absolute Gasteiger partial charge is 0.261 e. The van der Waals surface area contributed by atoms with Crippen LogP contribution in [0.2, 0.25) is 0 Å². The van der Waals surface area contributed by atoms with Crippen LogP contribution >= 0.6 is 0 Å². The second kappa shape index (κ2) is 7.49. The van der Waals surface area contributed by atoms with E-state index in [1.165, 1.54) is 16.5 Å². The van der Waals surface area contributed by atoms with Gasteiger partial charge in [-0.1, -0.05) is 30.3 Å². The molecule has 1 aromatic heterocycles. The average Bonchev–Trinajstić information content (AvgIpc) is 3.18. The maximum Gasteiger partial charge on any atom is 0.261 e. The summed E-state index contributed by atoms with van der Waals surface area (Å²) in [6.07, 6.45) is 3.57. The minimum absolute atomic E-state index is 0.0997. The van der Waals surface area contributed by atoms with E-state index >= 15 is 0 Å². The van der Waals surface area contributed by atoms with E-state index < -0.39 is 0 Å². The average molecular weight is 415 g/mol. The zero-order valence-corrected chi connectivity index (χ0v) is 18.0. The molecule has 0 unspecified atom stereocenters. The Bertz CT molecular complexity index is 1280. The maximum absolute atomic E-state index is 13.5. The number of hydrogen-bond donors (Lipinski definition) is 1. The highest BCUT2D eigenvalue weighted by molar-refractivity contribution is 6.11. The lowest BCUT2D eigenvalue weighted by Crippen LogP contribution is -2.44. The number of hydrogen-bond acceptors (Lipinski definition) is 3. The minimum atomic E-state index is -0.358. The summed E-state index contributed by atoms with van der Waals surface area (Å²) in [6.45, 7) is 4.51. The first kappa shape index (κ1) is 19.7. The molecule has 1 N–H and O–H groups in total. The lowest BCUT2D eigenvalue weighted by atomic mass is 9.87. The number of aryl methyl sites for hydroxylation is 4. The molecule has 0 bridgehead atoms. The SMILES string of the molecule is Cc1cc(C)c(C(=O)N2CCC[C@@H](C(=O)c3ccc4c5c(cccc35)CC4)C2)c(=O)[nH]1. The summed E-state index contributed by atoms with van der Waals surface area (Å²) < 4.78 is 0. The molecule has 2 heterocycles. The van der Waals surface area contributed by atoms with Crippen molar-refractivity contribution in [1.29, 1.82) is 0 Å². The number of H-pyrrole nitrogens is 1. The minimum Gasteiger partial charge on any atom is -0.338 e. The molecule has 1 amide bonds. The highest BCUT2D eigenvalue weighted by atomic mass is 16.2. The molecule has 0 spiro atoms. The van der Waals surface area contributed by atoms with Crippen LogP contribution in [0, 0.1) is 19.8 Å². The van der Waals surface area contributed by atoms with Crippen molar-refractivity contribution in [2.75, 3.05) is 13.1 Å². The molecular formula is C26H26N2O3. The lowest BCUT2D eigenvalue weighted by molar-refractivity contribution is 0.0635. The Morgan fingerprint density at radius 1 is 1.06 bits per heavy atom. The molecule has 3 aromatic rings. The van der Waals surface area contributed by atoms with E-state index in [2.05, 4.69) is 17.1 Å². The molecule has 2 aliphatic rings. The van der Waals surface area contributed by atoms with Gasteiger partial charge in [0, 0.05) is 30.3 Å². The fourth-order valence-corrected chi connectivity index (χ4v) is 5.33. The monoisotopic (exact) mass is 414 g/mol. The summed E-state index contributed by atoms with van der Waals surface area (Å²) in [7, 11) is 0. The van der Waals surface area contributed by atoms with E-state index in [9.17, 15) is 14.4 Å². The van der Waals surface area contributed by atoms with Crippen molar-refractivity contribution < 1.29 is 9.59 Å². The van der Waals surface area contributed by atoms with E-state index in [1.54, 1.807) is 18.7 Å². The van der Waals surface area contributed by atoms with Crippen molar-refractivity contribution in [3.8, 4) is 0 Å². The van der Waals surface area contributed by atoms with Crippen LogP contribution in [0.5, 0.6) is 0 Å². The number of benzene rings is 2. The molecule has 0 radical (unpaired) electrons. The number of ketones is 1. The molecular weight excluding hydrogens is 388 g/mol. The molecule has 31 heavy (non-hydrogen) atoms. The Labute approximate surface area is 181 Å². The number of carbonyl (C=O) groups is 2. The number of carbonyl (C=O) groups excluding carboxylic acids is 2. The van der Waals surface area contributed by atoms with Gasteiger partial charge in [0.05, 0.1) is 0 Å². The number of pyridine rings is 1. The molecule has 0 saturated carbocycles. The van der Waals surface area contributed by atoms with Crippen molar-refractivity contribution >= 4 is 22.5 Å². The standard InChI is InChI=1S/C26H26N2O3/c1-15-13-16(2)27-25(30)22(15)26(31)28-12-4-6-19(14-28)24(29)21-11-10-18-9-8-17-5-3-7-20(21)23(17)18/h3,5,7,10-11,13,19H,4,6,8-9,12,14H2,1-2H3,(H,27,30)/t19-/m1/s1. The molecule has 5 heteroatoms. The Hall–Kier alpha value is -3.21. The van der Waals surface area contributed by atoms with E-state index in [0.29, 0.717) is 18.7 Å². The second-order valence-corrected chi connectivity index (χ2v) is 8.91. The number of Topliss-reactive ketones (excluding diaryl/α,β-unsaturated/α-hetero) is 1. The van der Waals surface area contributed by atoms with Gasteiger partial charge in [-0.25, -0.2) is 0 Å². The molecule has 1 atom stereocenters. The number of amides is 1. The molecule has 5 rings (SSSR count). The Morgan fingerprint density at radius 2 is 1.84 bits per heavy atom. The molecule has 158 valence electrons. The first-order valence-electron chi connectivity index (χ1n) is 11.0. The Kier molecular flexibility index (Phi) is 4.77. The maximum atomic E-state index is 13.5. The van der Waals surface area contributed by atoms with Crippen molar-refractivity contribution in [3.05, 3.63) is 80.3 Å². The highest BCUT2D eigenvalue weighted by Gasteiger charge is 2.32. The first-order valence-corrected chi connectivity index (χ1v) is 11.0. The summed E-state index contributed by atoms with van der Waals surface area (Å²) >= 11 is 0. The van der Waals surface area contributed by atoms with Gasteiger partial charge in [0.25, 0.3) is 11.5 Å². The highest BCUT2D eigenvalue weighted by Crippen LogP contribution is 2.34. The van der Waals surface area contributed by atoms with Crippen LogP contribution in [-0.4, -0.2) is 34.7 Å². The number of rotatable bonds is 3. The Morgan fingerprint density at radius 3 is 2.61 bits per heavy atom. The van der Waals surface area contributed by atoms with Crippen LogP contribution < -0.4 is 5.56 Å². The number of nitrogens with one attached hydrogen (secondary N) is 1. The van der Waals surface area contributed by atoms with E-state index in [-0.39, 0.29) is 28.7 Å². The third-order valence-corrected chi connectivity index (χ3v) is 6.80. The number of aromatic nitrogens is 1. The van der Waals surface area contributed by atoms with Gasteiger partial charge in [-0.05, 0) is 73.1 Å². The van der Waals surface area contributed by atoms with Gasteiger partial charge in [0.15, 0.2) is 5.78 Å². The van der Waals surface area contributed by atoms with Crippen molar-refractivity contribution in [3.63, 3.8) is 0 Å². The second-order valence-electron chi connectivity index (χ2n) is 8.91. The molecule has 1 aliphatic heterocycles. The zero-order chi connectivity index (χ0) is 21.7. The summed E-state index contributed by atoms with van der Waals surface area (Å²) in [5, 5.41) is 2.27. The topological polar surface area (TPSA) is 70.2 Å². The first-order chi connectivity index (χ1) is 14.9. The van der Waals surface area contributed by atoms with Gasteiger partial charge >= 0.3 is 0 Å². The van der Waals surface area contributed by atoms with Crippen LogP contribution in [0.3, 0.4) is 0 Å². The van der Waals surface area contributed by atoms with Gasteiger partial charge < -0.3 is 9.88 Å². The molecule has 1 saturated heterocycles. The van der Waals surface area contributed by atoms with Crippen LogP contribution in [-0.2, 0) is 12.8 Å². The summed E-state index contributed by atoms with van der Waals surface area (Å²) in [5.41, 5.74) is 4.62. The fraction of sp³-hybridized carbons (Fsp3) is 0.346. The van der Waals surface area contributed by atoms with Gasteiger partial charge in [-0.15, -0.1) is 0 Å².